The van der Waals surface area contributed by atoms with E-state index in [1.165, 1.54) is 0 Å². The maximum atomic E-state index is 4.94. The van der Waals surface area contributed by atoms with Gasteiger partial charge in [-0.2, -0.15) is 0 Å². The molecule has 0 unspecified atom stereocenters. The Kier molecular flexibility index (Phi) is 6.36. The molecule has 0 fully saturated rings. The predicted octanol–water partition coefficient (Wildman–Crippen LogP) is 1.93. The van der Waals surface area contributed by atoms with Crippen molar-refractivity contribution >= 4 is 40.6 Å². The average molecular weight is 219 g/mol. The minimum absolute atomic E-state index is 0. The Morgan fingerprint density at radius 3 is 0.833 bits per heavy atom. The van der Waals surface area contributed by atoms with Crippen LogP contribution in [0.4, 0.5) is 0 Å². The summed E-state index contributed by atoms with van der Waals surface area (Å²) in [6.07, 6.45) is 0. The van der Waals surface area contributed by atoms with Crippen LogP contribution in [0.25, 0.3) is 0 Å². The number of hydrogen-bond donors (Lipinski definition) is 0. The fraction of sp³-hybridized carbons (Fsp3) is 0. The number of halogens is 4. The third-order valence-electron chi connectivity index (χ3n) is 0. The van der Waals surface area contributed by atoms with Crippen LogP contribution in [0.1, 0.15) is 0 Å². The van der Waals surface area contributed by atoms with Gasteiger partial charge in [0, 0.05) is 0 Å². The van der Waals surface area contributed by atoms with Crippen molar-refractivity contribution in [3.05, 3.63) is 0 Å². The Balaban J connectivity index is 0. The SMILES string of the molecule is O.[Cl][Co]([Cl])([Cl])[Cl]. The van der Waals surface area contributed by atoms with E-state index < -0.39 is 9.01 Å². The van der Waals surface area contributed by atoms with Crippen LogP contribution in [0.15, 0.2) is 0 Å². The summed E-state index contributed by atoms with van der Waals surface area (Å²) in [6, 6.07) is 0. The van der Waals surface area contributed by atoms with E-state index in [0.717, 1.165) is 0 Å². The zero-order valence-electron chi connectivity index (χ0n) is 2.35. The molecule has 0 saturated heterocycles. The topological polar surface area (TPSA) is 31.5 Å². The van der Waals surface area contributed by atoms with E-state index in [4.69, 9.17) is 40.6 Å². The van der Waals surface area contributed by atoms with Gasteiger partial charge in [-0.15, -0.1) is 0 Å². The zero-order chi connectivity index (χ0) is 4.50. The van der Waals surface area contributed by atoms with Crippen molar-refractivity contribution in [2.24, 2.45) is 0 Å². The molecule has 45 valence electrons. The minimum atomic E-state index is -2.49. The van der Waals surface area contributed by atoms with Crippen LogP contribution < -0.4 is 0 Å². The monoisotopic (exact) mass is 217 g/mol. The van der Waals surface area contributed by atoms with Crippen LogP contribution in [0.3, 0.4) is 0 Å². The first-order valence-electron chi connectivity index (χ1n) is 0.504. The van der Waals surface area contributed by atoms with Crippen molar-refractivity contribution in [2.45, 2.75) is 0 Å². The molecule has 0 aromatic rings. The fourth-order valence-electron chi connectivity index (χ4n) is 0. The molecule has 2 N–H and O–H groups in total. The summed E-state index contributed by atoms with van der Waals surface area (Å²) >= 11 is 0. The van der Waals surface area contributed by atoms with Crippen LogP contribution in [-0.2, 0) is 9.01 Å². The maximum absolute atomic E-state index is 4.94. The van der Waals surface area contributed by atoms with Gasteiger partial charge in [0.2, 0.25) is 0 Å². The van der Waals surface area contributed by atoms with Gasteiger partial charge in [0.05, 0.1) is 0 Å². The Hall–Kier alpha value is 1.63. The second-order valence-corrected chi connectivity index (χ2v) is 10.6. The molecule has 0 bridgehead atoms. The standard InChI is InChI=1S/4ClH.Co.H2O/h4*1H;;1H2/q;;;;+4;/p-4. The molecule has 0 aliphatic carbocycles. The second kappa shape index (κ2) is 3.61. The van der Waals surface area contributed by atoms with Gasteiger partial charge in [-0.1, -0.05) is 0 Å². The third kappa shape index (κ3) is 45.5. The van der Waals surface area contributed by atoms with Gasteiger partial charge in [-0.25, -0.2) is 0 Å². The molecule has 6 heteroatoms. The molecule has 0 radical (unpaired) electrons. The first-order valence-corrected chi connectivity index (χ1v) is 6.23. The Morgan fingerprint density at radius 2 is 0.833 bits per heavy atom. The molecule has 0 aliphatic heterocycles. The molecule has 1 nitrogen and oxygen atoms in total. The number of rotatable bonds is 0. The molecular weight excluding hydrogens is 217 g/mol. The molecule has 0 aliphatic rings. The zero-order valence-corrected chi connectivity index (χ0v) is 6.41. The Morgan fingerprint density at radius 1 is 0.833 bits per heavy atom. The van der Waals surface area contributed by atoms with Crippen molar-refractivity contribution < 1.29 is 14.5 Å². The predicted molar refractivity (Wildman–Crippen MR) is 27.0 cm³/mol. The first kappa shape index (κ1) is 10.6. The van der Waals surface area contributed by atoms with Crippen molar-refractivity contribution in [3.8, 4) is 0 Å². The van der Waals surface area contributed by atoms with Gasteiger partial charge in [-0.05, 0) is 0 Å². The molecule has 0 aromatic heterocycles. The fourth-order valence-corrected chi connectivity index (χ4v) is 0. The normalized spacial score (nSPS) is 12.7. The van der Waals surface area contributed by atoms with Crippen LogP contribution in [0.5, 0.6) is 0 Å². The molecule has 0 saturated carbocycles. The summed E-state index contributed by atoms with van der Waals surface area (Å²) in [5.41, 5.74) is 0. The summed E-state index contributed by atoms with van der Waals surface area (Å²) in [6.45, 7) is 0. The van der Waals surface area contributed by atoms with E-state index in [-0.39, 0.29) is 5.48 Å². The van der Waals surface area contributed by atoms with E-state index in [1.807, 2.05) is 0 Å². The summed E-state index contributed by atoms with van der Waals surface area (Å²) < 4.78 is 0. The van der Waals surface area contributed by atoms with Crippen molar-refractivity contribution in [1.82, 2.24) is 0 Å². The summed E-state index contributed by atoms with van der Waals surface area (Å²) in [4.78, 5) is 0. The molecule has 0 amide bonds. The summed E-state index contributed by atoms with van der Waals surface area (Å²) in [7, 11) is 17.3. The van der Waals surface area contributed by atoms with E-state index in [0.29, 0.717) is 0 Å². The van der Waals surface area contributed by atoms with Crippen molar-refractivity contribution in [3.63, 3.8) is 0 Å². The molecule has 6 heavy (non-hydrogen) atoms. The van der Waals surface area contributed by atoms with E-state index in [1.54, 1.807) is 0 Å². The van der Waals surface area contributed by atoms with Crippen LogP contribution in [0.2, 0.25) is 0 Å². The molecule has 0 spiro atoms. The molecule has 0 rings (SSSR count). The van der Waals surface area contributed by atoms with E-state index in [2.05, 4.69) is 0 Å². The van der Waals surface area contributed by atoms with Crippen LogP contribution in [0, 0.1) is 0 Å². The van der Waals surface area contributed by atoms with Crippen LogP contribution in [-0.4, -0.2) is 5.48 Å². The van der Waals surface area contributed by atoms with E-state index in [9.17, 15) is 0 Å². The molecular formula is H2Cl4CoO. The Bertz CT molecular complexity index is 23.0. The van der Waals surface area contributed by atoms with Gasteiger partial charge < -0.3 is 5.48 Å². The van der Waals surface area contributed by atoms with Crippen molar-refractivity contribution in [1.29, 1.82) is 0 Å². The van der Waals surface area contributed by atoms with E-state index >= 15 is 0 Å². The average Bonchev–Trinajstić information content (AvgIpc) is 0.722. The van der Waals surface area contributed by atoms with Crippen molar-refractivity contribution in [2.75, 3.05) is 0 Å². The van der Waals surface area contributed by atoms with Gasteiger partial charge in [0.15, 0.2) is 0 Å². The van der Waals surface area contributed by atoms with Gasteiger partial charge in [0.25, 0.3) is 0 Å². The van der Waals surface area contributed by atoms with Gasteiger partial charge >= 0.3 is 49.6 Å². The second-order valence-electron chi connectivity index (χ2n) is 0.286. The van der Waals surface area contributed by atoms with Gasteiger partial charge in [0.1, 0.15) is 0 Å². The quantitative estimate of drug-likeness (QED) is 0.595. The first-order chi connectivity index (χ1) is 2.00. The summed E-state index contributed by atoms with van der Waals surface area (Å²) in [5, 5.41) is 0. The third-order valence-corrected chi connectivity index (χ3v) is 0. The Labute approximate surface area is 55.0 Å². The molecule has 0 aromatic carbocycles. The van der Waals surface area contributed by atoms with Gasteiger partial charge in [-0.3, -0.25) is 0 Å². The van der Waals surface area contributed by atoms with Crippen LogP contribution >= 0.6 is 40.6 Å². The number of hydrogen-bond acceptors (Lipinski definition) is 0. The summed E-state index contributed by atoms with van der Waals surface area (Å²) in [5.74, 6) is 0. The molecule has 0 heterocycles. The molecule has 0 atom stereocenters.